The van der Waals surface area contributed by atoms with E-state index in [1.165, 1.54) is 0 Å². The predicted molar refractivity (Wildman–Crippen MR) is 86.8 cm³/mol. The number of aromatic nitrogens is 2. The Morgan fingerprint density at radius 1 is 1.35 bits per heavy atom. The number of hydrogen-bond acceptors (Lipinski definition) is 5. The molecule has 126 valence electrons. The van der Waals surface area contributed by atoms with Crippen molar-refractivity contribution in [2.75, 3.05) is 33.3 Å². The number of carbonyl (C=O) groups is 1. The van der Waals surface area contributed by atoms with Crippen LogP contribution in [0.1, 0.15) is 30.8 Å². The van der Waals surface area contributed by atoms with Crippen LogP contribution in [-0.4, -0.2) is 65.1 Å². The molecular weight excluding hydrogens is 292 g/mol. The van der Waals surface area contributed by atoms with E-state index in [1.54, 1.807) is 13.3 Å². The molecule has 0 spiro atoms. The fraction of sp³-hybridized carbons (Fsp3) is 0.706. The number of amides is 1. The molecule has 0 N–H and O–H groups in total. The quantitative estimate of drug-likeness (QED) is 0.818. The fourth-order valence-electron chi connectivity index (χ4n) is 3.66. The van der Waals surface area contributed by atoms with Crippen molar-refractivity contribution >= 4 is 5.91 Å². The van der Waals surface area contributed by atoms with Gasteiger partial charge >= 0.3 is 0 Å². The third-order valence-electron chi connectivity index (χ3n) is 4.87. The fourth-order valence-corrected chi connectivity index (χ4v) is 3.66. The highest BCUT2D eigenvalue weighted by molar-refractivity contribution is 5.76. The third-order valence-corrected chi connectivity index (χ3v) is 4.87. The number of methoxy groups -OCH3 is 1. The van der Waals surface area contributed by atoms with Crippen LogP contribution in [0.25, 0.3) is 0 Å². The summed E-state index contributed by atoms with van der Waals surface area (Å²) in [6.45, 7) is 6.29. The van der Waals surface area contributed by atoms with E-state index < -0.39 is 0 Å². The third kappa shape index (κ3) is 4.06. The van der Waals surface area contributed by atoms with Crippen LogP contribution < -0.4 is 0 Å². The van der Waals surface area contributed by atoms with Gasteiger partial charge in [-0.05, 0) is 25.8 Å². The van der Waals surface area contributed by atoms with Crippen molar-refractivity contribution in [2.24, 2.45) is 5.92 Å². The molecule has 1 amide bonds. The average molecular weight is 318 g/mol. The molecule has 1 aromatic heterocycles. The van der Waals surface area contributed by atoms with E-state index >= 15 is 0 Å². The van der Waals surface area contributed by atoms with E-state index in [4.69, 9.17) is 4.74 Å². The van der Waals surface area contributed by atoms with Crippen molar-refractivity contribution in [3.8, 4) is 0 Å². The molecule has 6 heteroatoms. The molecule has 0 radical (unpaired) electrons. The molecule has 0 aromatic carbocycles. The summed E-state index contributed by atoms with van der Waals surface area (Å²) in [6.07, 6.45) is 4.81. The molecule has 2 aliphatic rings. The lowest BCUT2D eigenvalue weighted by Gasteiger charge is -2.20. The summed E-state index contributed by atoms with van der Waals surface area (Å²) in [5, 5.41) is 0. The zero-order valence-electron chi connectivity index (χ0n) is 14.1. The van der Waals surface area contributed by atoms with Gasteiger partial charge in [-0.25, -0.2) is 9.97 Å². The SMILES string of the molecule is CO[C@H]1CN(Cc2ccnc(C)n2)C[C@@H]1CC(=O)N1CCCC1. The van der Waals surface area contributed by atoms with Gasteiger partial charge in [-0.2, -0.15) is 0 Å². The Morgan fingerprint density at radius 3 is 2.83 bits per heavy atom. The van der Waals surface area contributed by atoms with Crippen LogP contribution >= 0.6 is 0 Å². The molecule has 2 aliphatic heterocycles. The molecule has 2 saturated heterocycles. The van der Waals surface area contributed by atoms with Crippen molar-refractivity contribution in [1.82, 2.24) is 19.8 Å². The van der Waals surface area contributed by atoms with Crippen LogP contribution in [0.5, 0.6) is 0 Å². The van der Waals surface area contributed by atoms with Gasteiger partial charge in [-0.15, -0.1) is 0 Å². The number of aryl methyl sites for hydroxylation is 1. The minimum absolute atomic E-state index is 0.129. The van der Waals surface area contributed by atoms with E-state index in [0.717, 1.165) is 57.1 Å². The Hall–Kier alpha value is -1.53. The van der Waals surface area contributed by atoms with Gasteiger partial charge in [0.15, 0.2) is 0 Å². The van der Waals surface area contributed by atoms with E-state index in [-0.39, 0.29) is 17.9 Å². The van der Waals surface area contributed by atoms with E-state index in [2.05, 4.69) is 14.9 Å². The molecule has 3 heterocycles. The van der Waals surface area contributed by atoms with Crippen LogP contribution in [0, 0.1) is 12.8 Å². The smallest absolute Gasteiger partial charge is 0.222 e. The maximum atomic E-state index is 12.4. The number of nitrogens with zero attached hydrogens (tertiary/aromatic N) is 4. The second-order valence-corrected chi connectivity index (χ2v) is 6.62. The zero-order chi connectivity index (χ0) is 16.2. The number of likely N-dealkylation sites (tertiary alicyclic amines) is 2. The van der Waals surface area contributed by atoms with Gasteiger partial charge < -0.3 is 9.64 Å². The molecule has 3 rings (SSSR count). The van der Waals surface area contributed by atoms with Gasteiger partial charge in [0, 0.05) is 58.4 Å². The number of carbonyl (C=O) groups excluding carboxylic acids is 1. The van der Waals surface area contributed by atoms with Crippen LogP contribution in [0.2, 0.25) is 0 Å². The van der Waals surface area contributed by atoms with Gasteiger partial charge in [0.2, 0.25) is 5.91 Å². The molecule has 2 fully saturated rings. The second-order valence-electron chi connectivity index (χ2n) is 6.62. The Kier molecular flexibility index (Phi) is 5.23. The Labute approximate surface area is 137 Å². The van der Waals surface area contributed by atoms with Crippen molar-refractivity contribution in [1.29, 1.82) is 0 Å². The molecule has 0 unspecified atom stereocenters. The molecular formula is C17H26N4O2. The van der Waals surface area contributed by atoms with Gasteiger partial charge in [0.1, 0.15) is 5.82 Å². The first-order chi connectivity index (χ1) is 11.2. The van der Waals surface area contributed by atoms with Gasteiger partial charge in [-0.1, -0.05) is 0 Å². The molecule has 23 heavy (non-hydrogen) atoms. The number of rotatable bonds is 5. The maximum Gasteiger partial charge on any atom is 0.222 e. The Morgan fingerprint density at radius 2 is 2.13 bits per heavy atom. The molecule has 0 bridgehead atoms. The lowest BCUT2D eigenvalue weighted by Crippen LogP contribution is -2.32. The van der Waals surface area contributed by atoms with Gasteiger partial charge in [0.25, 0.3) is 0 Å². The van der Waals surface area contributed by atoms with Crippen LogP contribution in [0.15, 0.2) is 12.3 Å². The first kappa shape index (κ1) is 16.3. The predicted octanol–water partition coefficient (Wildman–Crippen LogP) is 1.24. The summed E-state index contributed by atoms with van der Waals surface area (Å²) in [7, 11) is 1.75. The van der Waals surface area contributed by atoms with Crippen LogP contribution in [-0.2, 0) is 16.1 Å². The first-order valence-electron chi connectivity index (χ1n) is 8.47. The highest BCUT2D eigenvalue weighted by atomic mass is 16.5. The minimum atomic E-state index is 0.129. The van der Waals surface area contributed by atoms with E-state index in [1.807, 2.05) is 17.9 Å². The van der Waals surface area contributed by atoms with Gasteiger partial charge in [-0.3, -0.25) is 9.69 Å². The van der Waals surface area contributed by atoms with Crippen LogP contribution in [0.3, 0.4) is 0 Å². The summed E-state index contributed by atoms with van der Waals surface area (Å²) in [6, 6.07) is 1.96. The van der Waals surface area contributed by atoms with E-state index in [9.17, 15) is 4.79 Å². The minimum Gasteiger partial charge on any atom is -0.380 e. The maximum absolute atomic E-state index is 12.4. The highest BCUT2D eigenvalue weighted by Gasteiger charge is 2.35. The summed E-state index contributed by atoms with van der Waals surface area (Å²) >= 11 is 0. The normalized spacial score (nSPS) is 25.2. The van der Waals surface area contributed by atoms with Crippen molar-refractivity contribution in [3.05, 3.63) is 23.8 Å². The first-order valence-corrected chi connectivity index (χ1v) is 8.47. The molecule has 2 atom stereocenters. The summed E-state index contributed by atoms with van der Waals surface area (Å²) in [4.78, 5) is 25.3. The second kappa shape index (κ2) is 7.36. The zero-order valence-corrected chi connectivity index (χ0v) is 14.1. The summed E-state index contributed by atoms with van der Waals surface area (Å²) in [5.41, 5.74) is 1.03. The van der Waals surface area contributed by atoms with Gasteiger partial charge in [0.05, 0.1) is 11.8 Å². The average Bonchev–Trinajstić information content (AvgIpc) is 3.17. The highest BCUT2D eigenvalue weighted by Crippen LogP contribution is 2.25. The number of ether oxygens (including phenoxy) is 1. The lowest BCUT2D eigenvalue weighted by atomic mass is 10.0. The number of hydrogen-bond donors (Lipinski definition) is 0. The van der Waals surface area contributed by atoms with Crippen molar-refractivity contribution in [3.63, 3.8) is 0 Å². The van der Waals surface area contributed by atoms with Crippen LogP contribution in [0.4, 0.5) is 0 Å². The Bertz CT molecular complexity index is 545. The summed E-state index contributed by atoms with van der Waals surface area (Å²) < 4.78 is 5.63. The standard InChI is InChI=1S/C17H26N4O2/c1-13-18-6-5-15(19-13)11-20-10-14(16(12-20)23-2)9-17(22)21-7-3-4-8-21/h5-6,14,16H,3-4,7-12H2,1-2H3/t14-,16-/m0/s1. The largest absolute Gasteiger partial charge is 0.380 e. The Balaban J connectivity index is 1.57. The summed E-state index contributed by atoms with van der Waals surface area (Å²) in [5.74, 6) is 1.36. The molecule has 0 aliphatic carbocycles. The topological polar surface area (TPSA) is 58.6 Å². The molecule has 6 nitrogen and oxygen atoms in total. The molecule has 1 aromatic rings. The van der Waals surface area contributed by atoms with Crippen molar-refractivity contribution < 1.29 is 9.53 Å². The van der Waals surface area contributed by atoms with E-state index in [0.29, 0.717) is 6.42 Å². The molecule has 0 saturated carbocycles. The van der Waals surface area contributed by atoms with Crippen molar-refractivity contribution in [2.45, 2.75) is 38.8 Å². The lowest BCUT2D eigenvalue weighted by molar-refractivity contribution is -0.131. The monoisotopic (exact) mass is 318 g/mol.